The van der Waals surface area contributed by atoms with Gasteiger partial charge in [0.2, 0.25) is 0 Å². The van der Waals surface area contributed by atoms with Crippen LogP contribution in [-0.4, -0.2) is 0 Å². The van der Waals surface area contributed by atoms with E-state index in [9.17, 15) is 0 Å². The Morgan fingerprint density at radius 2 is 0.719 bits per heavy atom. The maximum absolute atomic E-state index is 2.52. The van der Waals surface area contributed by atoms with E-state index in [1.165, 1.54) is 122 Å². The van der Waals surface area contributed by atoms with Gasteiger partial charge in [-0.2, -0.15) is 0 Å². The molecule has 0 aromatic heterocycles. The van der Waals surface area contributed by atoms with Gasteiger partial charge >= 0.3 is 0 Å². The van der Waals surface area contributed by atoms with E-state index >= 15 is 0 Å². The monoisotopic (exact) mass is 718 g/mol. The van der Waals surface area contributed by atoms with Crippen molar-refractivity contribution < 1.29 is 0 Å². The fraction of sp³-hybridized carbons (Fsp3) is 0.0175. The number of hydrogen-bond donors (Lipinski definition) is 0. The van der Waals surface area contributed by atoms with Gasteiger partial charge < -0.3 is 0 Å². The van der Waals surface area contributed by atoms with Gasteiger partial charge in [-0.1, -0.05) is 194 Å². The summed E-state index contributed by atoms with van der Waals surface area (Å²) in [4.78, 5) is 0. The van der Waals surface area contributed by atoms with Crippen LogP contribution in [0.25, 0.3) is 99.4 Å². The molecule has 0 amide bonds. The molecule has 0 spiro atoms. The van der Waals surface area contributed by atoms with Crippen molar-refractivity contribution in [1.82, 2.24) is 0 Å². The number of benzene rings is 10. The highest BCUT2D eigenvalue weighted by Gasteiger charge is 2.46. The van der Waals surface area contributed by atoms with E-state index in [0.29, 0.717) is 0 Å². The summed E-state index contributed by atoms with van der Waals surface area (Å²) in [5, 5.41) is 5.32. The van der Waals surface area contributed by atoms with Crippen LogP contribution in [-0.2, 0) is 5.41 Å². The maximum atomic E-state index is 2.52. The van der Waals surface area contributed by atoms with Gasteiger partial charge in [-0.25, -0.2) is 0 Å². The Morgan fingerprint density at radius 1 is 0.263 bits per heavy atom. The van der Waals surface area contributed by atoms with Crippen LogP contribution in [0.4, 0.5) is 0 Å². The minimum absolute atomic E-state index is 0.536. The zero-order valence-corrected chi connectivity index (χ0v) is 31.1. The van der Waals surface area contributed by atoms with Gasteiger partial charge in [0.05, 0.1) is 5.41 Å². The van der Waals surface area contributed by atoms with Crippen molar-refractivity contribution in [3.05, 3.63) is 229 Å². The molecule has 0 atom stereocenters. The summed E-state index contributed by atoms with van der Waals surface area (Å²) >= 11 is 0. The van der Waals surface area contributed by atoms with Gasteiger partial charge in [0.15, 0.2) is 0 Å². The summed E-state index contributed by atoms with van der Waals surface area (Å²) in [6.07, 6.45) is 0. The summed E-state index contributed by atoms with van der Waals surface area (Å²) in [5.41, 5.74) is 22.9. The van der Waals surface area contributed by atoms with E-state index in [-0.39, 0.29) is 0 Å². The summed E-state index contributed by atoms with van der Waals surface area (Å²) in [6.45, 7) is 0. The lowest BCUT2D eigenvalue weighted by atomic mass is 9.67. The number of rotatable bonds is 4. The molecule has 0 unspecified atom stereocenters. The Morgan fingerprint density at radius 3 is 1.39 bits per heavy atom. The zero-order valence-electron chi connectivity index (χ0n) is 31.1. The number of fused-ring (bicyclic) bond motifs is 9. The van der Waals surface area contributed by atoms with Crippen LogP contribution < -0.4 is 0 Å². The Labute approximate surface area is 332 Å². The molecule has 13 rings (SSSR count). The molecule has 262 valence electrons. The van der Waals surface area contributed by atoms with Crippen LogP contribution in [0, 0.1) is 0 Å². The zero-order chi connectivity index (χ0) is 37.2. The largest absolute Gasteiger partial charge is 0.0713 e. The van der Waals surface area contributed by atoms with E-state index in [2.05, 4.69) is 206 Å². The summed E-state index contributed by atoms with van der Waals surface area (Å²) in [6, 6.07) is 77.7. The fourth-order valence-corrected chi connectivity index (χ4v) is 11.0. The highest BCUT2D eigenvalue weighted by atomic mass is 14.5. The summed E-state index contributed by atoms with van der Waals surface area (Å²) in [5.74, 6) is 0. The molecule has 0 bridgehead atoms. The second-order valence-electron chi connectivity index (χ2n) is 15.9. The van der Waals surface area contributed by atoms with Crippen molar-refractivity contribution in [2.45, 2.75) is 5.41 Å². The van der Waals surface area contributed by atoms with Crippen LogP contribution in [0.15, 0.2) is 206 Å². The molecule has 0 aliphatic heterocycles. The molecule has 57 heavy (non-hydrogen) atoms. The second-order valence-corrected chi connectivity index (χ2v) is 15.9. The molecule has 3 aliphatic rings. The highest BCUT2D eigenvalue weighted by molar-refractivity contribution is 6.19. The summed E-state index contributed by atoms with van der Waals surface area (Å²) < 4.78 is 0. The first-order chi connectivity index (χ1) is 28.3. The van der Waals surface area contributed by atoms with E-state index in [0.717, 1.165) is 0 Å². The molecule has 0 saturated carbocycles. The quantitative estimate of drug-likeness (QED) is 0.170. The normalized spacial score (nSPS) is 13.4. The molecule has 0 nitrogen and oxygen atoms in total. The predicted molar refractivity (Wildman–Crippen MR) is 238 cm³/mol. The Kier molecular flexibility index (Phi) is 6.19. The molecule has 0 heterocycles. The topological polar surface area (TPSA) is 0 Å². The molecule has 0 radical (unpaired) electrons. The van der Waals surface area contributed by atoms with Crippen LogP contribution in [0.1, 0.15) is 22.3 Å². The molecule has 10 aromatic rings. The van der Waals surface area contributed by atoms with Gasteiger partial charge in [0, 0.05) is 0 Å². The van der Waals surface area contributed by atoms with Crippen molar-refractivity contribution in [3.8, 4) is 77.9 Å². The van der Waals surface area contributed by atoms with Crippen LogP contribution >= 0.6 is 0 Å². The van der Waals surface area contributed by atoms with E-state index in [1.54, 1.807) is 0 Å². The van der Waals surface area contributed by atoms with E-state index < -0.39 is 5.41 Å². The third kappa shape index (κ3) is 4.02. The average Bonchev–Trinajstić information content (AvgIpc) is 3.90. The minimum atomic E-state index is -0.536. The maximum Gasteiger partial charge on any atom is 0.0713 e. The number of hydrogen-bond acceptors (Lipinski definition) is 0. The summed E-state index contributed by atoms with van der Waals surface area (Å²) in [7, 11) is 0. The fourth-order valence-electron chi connectivity index (χ4n) is 11.0. The van der Waals surface area contributed by atoms with Crippen molar-refractivity contribution in [3.63, 3.8) is 0 Å². The molecular formula is C57H34. The van der Waals surface area contributed by atoms with E-state index in [4.69, 9.17) is 0 Å². The van der Waals surface area contributed by atoms with Crippen LogP contribution in [0.3, 0.4) is 0 Å². The minimum Gasteiger partial charge on any atom is -0.0622 e. The predicted octanol–water partition coefficient (Wildman–Crippen LogP) is 15.0. The lowest BCUT2D eigenvalue weighted by Crippen LogP contribution is -2.28. The van der Waals surface area contributed by atoms with E-state index in [1.807, 2.05) is 0 Å². The first-order valence-electron chi connectivity index (χ1n) is 20.0. The third-order valence-corrected chi connectivity index (χ3v) is 13.2. The third-order valence-electron chi connectivity index (χ3n) is 13.2. The first-order valence-corrected chi connectivity index (χ1v) is 20.0. The van der Waals surface area contributed by atoms with Gasteiger partial charge in [0.25, 0.3) is 0 Å². The highest BCUT2D eigenvalue weighted by Crippen LogP contribution is 2.59. The van der Waals surface area contributed by atoms with Crippen molar-refractivity contribution in [2.75, 3.05) is 0 Å². The molecule has 0 N–H and O–H groups in total. The Balaban J connectivity index is 1.07. The second kappa shape index (κ2) is 11.4. The standard InChI is InChI=1S/C57H34/c1-3-15-38(16-4-1)57(39-17-5-2-6-18-39)52-33-36(40-31-32-50-43-20-8-7-19-42(43)47-24-12-23-46(40)56(47)50)27-29-44(52)45-30-28-37(34-53(45)57)41-21-11-25-49-48-22-9-13-35-14-10-26-51(54(35)48)55(41)49/h1-34H. The smallest absolute Gasteiger partial charge is 0.0622 e. The molecule has 0 fully saturated rings. The lowest BCUT2D eigenvalue weighted by molar-refractivity contribution is 0.769. The van der Waals surface area contributed by atoms with Gasteiger partial charge in [-0.05, 0) is 134 Å². The Hall–Kier alpha value is -7.28. The molecule has 0 saturated heterocycles. The average molecular weight is 719 g/mol. The first kappa shape index (κ1) is 31.0. The SMILES string of the molecule is c1ccc(C2(c3ccccc3)c3cc(-c4cccc5c4-c4cccc6cccc-5c46)ccc3-c3ccc(-c4ccc5c6c(cccc46)-c4ccccc4-5)cc32)cc1. The van der Waals surface area contributed by atoms with Gasteiger partial charge in [-0.3, -0.25) is 0 Å². The van der Waals surface area contributed by atoms with Crippen LogP contribution in [0.2, 0.25) is 0 Å². The van der Waals surface area contributed by atoms with Crippen molar-refractivity contribution in [1.29, 1.82) is 0 Å². The van der Waals surface area contributed by atoms with Crippen molar-refractivity contribution >= 4 is 21.5 Å². The van der Waals surface area contributed by atoms with Gasteiger partial charge in [-0.15, -0.1) is 0 Å². The van der Waals surface area contributed by atoms with Gasteiger partial charge in [0.1, 0.15) is 0 Å². The molecule has 3 aliphatic carbocycles. The molecular weight excluding hydrogens is 685 g/mol. The van der Waals surface area contributed by atoms with Crippen LogP contribution in [0.5, 0.6) is 0 Å². The molecule has 10 aromatic carbocycles. The lowest BCUT2D eigenvalue weighted by Gasteiger charge is -2.34. The Bertz CT molecular complexity index is 3260. The van der Waals surface area contributed by atoms with Crippen molar-refractivity contribution in [2.24, 2.45) is 0 Å². The molecule has 0 heteroatoms.